The minimum Gasteiger partial charge on any atom is -0.491 e. The zero-order valence-corrected chi connectivity index (χ0v) is 18.9. The van der Waals surface area contributed by atoms with Crippen molar-refractivity contribution in [2.75, 3.05) is 6.61 Å². The number of halogens is 4. The number of rotatable bonds is 9. The lowest BCUT2D eigenvalue weighted by molar-refractivity contribution is 0.313. The van der Waals surface area contributed by atoms with Crippen molar-refractivity contribution in [1.82, 2.24) is 0 Å². The van der Waals surface area contributed by atoms with Crippen LogP contribution in [-0.4, -0.2) is 6.61 Å². The van der Waals surface area contributed by atoms with Gasteiger partial charge in [-0.3, -0.25) is 0 Å². The van der Waals surface area contributed by atoms with Crippen LogP contribution in [0.4, 0.5) is 17.6 Å². The molecule has 2 aromatic rings. The zero-order chi connectivity index (χ0) is 23.1. The monoisotopic (exact) mass is 448 g/mol. The second kappa shape index (κ2) is 11.5. The van der Waals surface area contributed by atoms with Crippen LogP contribution >= 0.6 is 0 Å². The fraction of sp³-hybridized carbons (Fsp3) is 0.481. The van der Waals surface area contributed by atoms with E-state index in [0.29, 0.717) is 41.9 Å². The van der Waals surface area contributed by atoms with Crippen molar-refractivity contribution in [3.05, 3.63) is 76.4 Å². The van der Waals surface area contributed by atoms with E-state index in [1.165, 1.54) is 6.07 Å². The molecule has 1 fully saturated rings. The molecule has 3 rings (SSSR count). The lowest BCUT2D eigenvalue weighted by atomic mass is 9.78. The van der Waals surface area contributed by atoms with Crippen LogP contribution in [0.25, 0.3) is 0 Å². The molecule has 0 unspecified atom stereocenters. The third kappa shape index (κ3) is 5.73. The highest BCUT2D eigenvalue weighted by atomic mass is 19.2. The van der Waals surface area contributed by atoms with Gasteiger partial charge in [0.05, 0.1) is 6.61 Å². The number of aryl methyl sites for hydroxylation is 2. The average molecular weight is 449 g/mol. The van der Waals surface area contributed by atoms with Crippen LogP contribution in [0.2, 0.25) is 0 Å². The minimum absolute atomic E-state index is 0.0470. The van der Waals surface area contributed by atoms with Crippen LogP contribution in [-0.2, 0) is 12.8 Å². The van der Waals surface area contributed by atoms with Crippen molar-refractivity contribution in [2.45, 2.75) is 71.1 Å². The molecule has 5 heteroatoms. The van der Waals surface area contributed by atoms with Crippen molar-refractivity contribution >= 4 is 0 Å². The smallest absolute Gasteiger partial charge is 0.200 e. The number of ether oxygens (including phenoxy) is 1. The Balaban J connectivity index is 1.50. The summed E-state index contributed by atoms with van der Waals surface area (Å²) in [7, 11) is 0. The molecule has 1 aliphatic rings. The lowest BCUT2D eigenvalue weighted by Crippen LogP contribution is -2.14. The Morgan fingerprint density at radius 2 is 1.47 bits per heavy atom. The van der Waals surface area contributed by atoms with Crippen LogP contribution in [0, 0.1) is 29.2 Å². The van der Waals surface area contributed by atoms with Crippen LogP contribution < -0.4 is 4.74 Å². The lowest BCUT2D eigenvalue weighted by Gasteiger charge is -2.27. The molecule has 0 bridgehead atoms. The van der Waals surface area contributed by atoms with Crippen molar-refractivity contribution in [1.29, 1.82) is 0 Å². The average Bonchev–Trinajstić information content (AvgIpc) is 2.80. The van der Waals surface area contributed by atoms with Gasteiger partial charge in [0.25, 0.3) is 0 Å². The third-order valence-electron chi connectivity index (χ3n) is 6.34. The summed E-state index contributed by atoms with van der Waals surface area (Å²) in [6.45, 7) is 3.96. The van der Waals surface area contributed by atoms with Gasteiger partial charge in [-0.2, -0.15) is 4.39 Å². The van der Waals surface area contributed by atoms with Crippen LogP contribution in [0.3, 0.4) is 0 Å². The highest BCUT2D eigenvalue weighted by Gasteiger charge is 2.25. The zero-order valence-electron chi connectivity index (χ0n) is 18.9. The molecule has 0 radical (unpaired) electrons. The summed E-state index contributed by atoms with van der Waals surface area (Å²) >= 11 is 0. The van der Waals surface area contributed by atoms with Crippen LogP contribution in [0.5, 0.6) is 5.75 Å². The summed E-state index contributed by atoms with van der Waals surface area (Å²) in [5, 5.41) is 0. The molecule has 0 saturated heterocycles. The number of hydrogen-bond acceptors (Lipinski definition) is 1. The molecule has 0 N–H and O–H groups in total. The Labute approximate surface area is 188 Å². The molecular formula is C27H32F4O. The first-order valence-corrected chi connectivity index (χ1v) is 11.7. The Bertz CT molecular complexity index is 930. The Morgan fingerprint density at radius 3 is 2.16 bits per heavy atom. The van der Waals surface area contributed by atoms with E-state index < -0.39 is 23.3 Å². The van der Waals surface area contributed by atoms with Gasteiger partial charge in [-0.25, -0.2) is 13.2 Å². The summed E-state index contributed by atoms with van der Waals surface area (Å²) in [5.74, 6) is -2.78. The Hall–Kier alpha value is -2.30. The second-order valence-corrected chi connectivity index (χ2v) is 8.55. The van der Waals surface area contributed by atoms with Gasteiger partial charge in [0.2, 0.25) is 5.82 Å². The summed E-state index contributed by atoms with van der Waals surface area (Å²) in [5.41, 5.74) is 1.29. The van der Waals surface area contributed by atoms with E-state index in [0.717, 1.165) is 32.1 Å². The quantitative estimate of drug-likeness (QED) is 0.278. The maximum atomic E-state index is 14.6. The summed E-state index contributed by atoms with van der Waals surface area (Å²) in [6.07, 6.45) is 9.95. The van der Waals surface area contributed by atoms with E-state index in [-0.39, 0.29) is 18.3 Å². The van der Waals surface area contributed by atoms with E-state index in [1.807, 2.05) is 13.0 Å². The van der Waals surface area contributed by atoms with Crippen LogP contribution in [0.15, 0.2) is 36.4 Å². The predicted molar refractivity (Wildman–Crippen MR) is 120 cm³/mol. The van der Waals surface area contributed by atoms with E-state index in [2.05, 4.69) is 6.08 Å². The highest BCUT2D eigenvalue weighted by Crippen LogP contribution is 2.38. The van der Waals surface area contributed by atoms with E-state index in [9.17, 15) is 17.6 Å². The van der Waals surface area contributed by atoms with Gasteiger partial charge in [0.15, 0.2) is 23.2 Å². The van der Waals surface area contributed by atoms with Crippen molar-refractivity contribution in [2.24, 2.45) is 5.92 Å². The molecule has 1 saturated carbocycles. The van der Waals surface area contributed by atoms with Gasteiger partial charge >= 0.3 is 0 Å². The first-order valence-electron chi connectivity index (χ1n) is 11.7. The van der Waals surface area contributed by atoms with Crippen LogP contribution in [0.1, 0.15) is 75.0 Å². The topological polar surface area (TPSA) is 9.23 Å². The van der Waals surface area contributed by atoms with Gasteiger partial charge in [0, 0.05) is 0 Å². The second-order valence-electron chi connectivity index (χ2n) is 8.55. The third-order valence-corrected chi connectivity index (χ3v) is 6.34. The fourth-order valence-corrected chi connectivity index (χ4v) is 4.56. The molecule has 0 aliphatic heterocycles. The first kappa shape index (κ1) is 24.3. The van der Waals surface area contributed by atoms with Gasteiger partial charge in [-0.15, -0.1) is 0 Å². The highest BCUT2D eigenvalue weighted by molar-refractivity contribution is 5.32. The van der Waals surface area contributed by atoms with E-state index >= 15 is 0 Å². The first-order chi connectivity index (χ1) is 15.5. The van der Waals surface area contributed by atoms with E-state index in [4.69, 9.17) is 4.74 Å². The van der Waals surface area contributed by atoms with Gasteiger partial charge in [0.1, 0.15) is 0 Å². The van der Waals surface area contributed by atoms with Crippen molar-refractivity contribution in [3.63, 3.8) is 0 Å². The normalized spacial score (nSPS) is 18.9. The maximum Gasteiger partial charge on any atom is 0.200 e. The Morgan fingerprint density at radius 1 is 0.812 bits per heavy atom. The van der Waals surface area contributed by atoms with E-state index in [1.54, 1.807) is 25.1 Å². The van der Waals surface area contributed by atoms with Crippen molar-refractivity contribution < 1.29 is 22.3 Å². The van der Waals surface area contributed by atoms with Gasteiger partial charge < -0.3 is 4.74 Å². The Kier molecular flexibility index (Phi) is 8.77. The standard InChI is InChI=1S/C27H32F4O/c1-3-7-20-14-16-22(26(30)24(20)28)19-12-10-18(11-13-19)8-5-6-9-21-15-17-23(32-4-2)27(31)25(21)29/h5,8,14-19H,3-4,6-7,9-13H2,1-2H3. The molecule has 0 amide bonds. The number of benzene rings is 2. The molecule has 2 aromatic carbocycles. The fourth-order valence-electron chi connectivity index (χ4n) is 4.56. The molecule has 0 atom stereocenters. The maximum absolute atomic E-state index is 14.6. The minimum atomic E-state index is -0.932. The molecule has 0 spiro atoms. The summed E-state index contributed by atoms with van der Waals surface area (Å²) < 4.78 is 62.1. The number of hydrogen-bond donors (Lipinski definition) is 0. The summed E-state index contributed by atoms with van der Waals surface area (Å²) in [6, 6.07) is 6.53. The molecular weight excluding hydrogens is 416 g/mol. The predicted octanol–water partition coefficient (Wildman–Crippen LogP) is 8.06. The van der Waals surface area contributed by atoms with Gasteiger partial charge in [-0.1, -0.05) is 43.7 Å². The molecule has 1 aliphatic carbocycles. The molecule has 32 heavy (non-hydrogen) atoms. The van der Waals surface area contributed by atoms with Gasteiger partial charge in [-0.05, 0) is 86.5 Å². The molecule has 1 nitrogen and oxygen atoms in total. The molecule has 0 heterocycles. The number of allylic oxidation sites excluding steroid dienone is 2. The SMILES string of the molecule is CCCc1ccc(C2CCC(C=CCCc3ccc(OCC)c(F)c3F)CC2)c(F)c1F. The van der Waals surface area contributed by atoms with Crippen molar-refractivity contribution in [3.8, 4) is 5.75 Å². The largest absolute Gasteiger partial charge is 0.491 e. The summed E-state index contributed by atoms with van der Waals surface area (Å²) in [4.78, 5) is 0. The molecule has 0 aromatic heterocycles. The molecule has 174 valence electrons.